The third-order valence-corrected chi connectivity index (χ3v) is 6.12. The Morgan fingerprint density at radius 3 is 1.80 bits per heavy atom. The van der Waals surface area contributed by atoms with E-state index < -0.39 is 62.2 Å². The van der Waals surface area contributed by atoms with Crippen molar-refractivity contribution in [2.75, 3.05) is 6.61 Å². The van der Waals surface area contributed by atoms with Gasteiger partial charge in [-0.3, -0.25) is 19.2 Å². The molecule has 1 aliphatic rings. The first-order valence-corrected chi connectivity index (χ1v) is 13.4. The number of hydrogen-bond donors (Lipinski definition) is 1. The molecule has 0 aromatic rings. The minimum Gasteiger partial charge on any atom is -0.463 e. The highest BCUT2D eigenvalue weighted by atomic mass is 28.3. The summed E-state index contributed by atoms with van der Waals surface area (Å²) in [4.78, 5) is 46.5. The van der Waals surface area contributed by atoms with Crippen LogP contribution < -0.4 is 0 Å². The first-order chi connectivity index (χ1) is 13.6. The summed E-state index contributed by atoms with van der Waals surface area (Å²) in [6, 6.07) is 0.590. The summed E-state index contributed by atoms with van der Waals surface area (Å²) in [5.74, 6) is -4.87. The highest BCUT2D eigenvalue weighted by molar-refractivity contribution is 6.76. The quantitative estimate of drug-likeness (QED) is 0.327. The largest absolute Gasteiger partial charge is 0.463 e. The Balaban J connectivity index is 3.42. The molecule has 10 nitrogen and oxygen atoms in total. The van der Waals surface area contributed by atoms with Gasteiger partial charge in [-0.2, -0.15) is 0 Å². The second-order valence-electron chi connectivity index (χ2n) is 8.54. The van der Waals surface area contributed by atoms with Crippen LogP contribution >= 0.6 is 0 Å². The molecule has 0 amide bonds. The molecule has 1 N–H and O–H groups in total. The van der Waals surface area contributed by atoms with Crippen molar-refractivity contribution >= 4 is 32.0 Å². The molecule has 1 heterocycles. The molecular formula is C19H32O10Si. The van der Waals surface area contributed by atoms with Crippen LogP contribution in [0.2, 0.25) is 25.7 Å². The van der Waals surface area contributed by atoms with Crippen LogP contribution in [0, 0.1) is 0 Å². The highest BCUT2D eigenvalue weighted by Gasteiger charge is 2.59. The summed E-state index contributed by atoms with van der Waals surface area (Å²) in [6.45, 7) is 10.5. The van der Waals surface area contributed by atoms with Crippen LogP contribution in [-0.4, -0.2) is 73.9 Å². The number of aliphatic hydroxyl groups is 1. The number of esters is 4. The van der Waals surface area contributed by atoms with Gasteiger partial charge >= 0.3 is 23.9 Å². The van der Waals surface area contributed by atoms with E-state index in [9.17, 15) is 24.3 Å². The molecule has 0 aromatic heterocycles. The third-order valence-electron chi connectivity index (χ3n) is 4.37. The van der Waals surface area contributed by atoms with E-state index in [0.717, 1.165) is 20.8 Å². The van der Waals surface area contributed by atoms with Gasteiger partial charge < -0.3 is 28.8 Å². The summed E-state index contributed by atoms with van der Waals surface area (Å²) in [7, 11) is -1.67. The van der Waals surface area contributed by atoms with Gasteiger partial charge in [-0.05, 0) is 0 Å². The molecule has 11 heteroatoms. The Labute approximate surface area is 177 Å². The molecule has 0 unspecified atom stereocenters. The Bertz CT molecular complexity index is 658. The summed E-state index contributed by atoms with van der Waals surface area (Å²) >= 11 is 0. The molecule has 1 fully saturated rings. The topological polar surface area (TPSA) is 135 Å². The predicted molar refractivity (Wildman–Crippen MR) is 106 cm³/mol. The summed E-state index contributed by atoms with van der Waals surface area (Å²) in [5, 5.41) is 11.4. The fourth-order valence-electron chi connectivity index (χ4n) is 3.11. The van der Waals surface area contributed by atoms with E-state index in [-0.39, 0.29) is 13.0 Å². The minimum absolute atomic E-state index is 0.0712. The van der Waals surface area contributed by atoms with Gasteiger partial charge in [0.1, 0.15) is 12.7 Å². The van der Waals surface area contributed by atoms with Gasteiger partial charge in [0, 0.05) is 42.2 Å². The third kappa shape index (κ3) is 8.03. The van der Waals surface area contributed by atoms with E-state index in [1.807, 2.05) is 0 Å². The molecule has 0 aliphatic carbocycles. The lowest BCUT2D eigenvalue weighted by Crippen LogP contribution is -2.68. The smallest absolute Gasteiger partial charge is 0.303 e. The molecule has 0 saturated carbocycles. The fourth-order valence-corrected chi connectivity index (χ4v) is 4.22. The Morgan fingerprint density at radius 2 is 1.37 bits per heavy atom. The number of carbonyl (C=O) groups is 4. The minimum atomic E-state index is -2.05. The molecule has 0 aromatic carbocycles. The van der Waals surface area contributed by atoms with E-state index in [2.05, 4.69) is 19.6 Å². The number of rotatable bonds is 8. The van der Waals surface area contributed by atoms with Gasteiger partial charge in [-0.25, -0.2) is 0 Å². The van der Waals surface area contributed by atoms with E-state index in [1.165, 1.54) is 6.92 Å². The summed E-state index contributed by atoms with van der Waals surface area (Å²) < 4.78 is 26.7. The van der Waals surface area contributed by atoms with Crippen LogP contribution in [0.25, 0.3) is 0 Å². The maximum atomic E-state index is 11.8. The zero-order valence-corrected chi connectivity index (χ0v) is 19.6. The predicted octanol–water partition coefficient (Wildman–Crippen LogP) is 1.16. The molecule has 0 radical (unpaired) electrons. The number of ether oxygens (including phenoxy) is 5. The second kappa shape index (κ2) is 10.4. The molecule has 1 rings (SSSR count). The summed E-state index contributed by atoms with van der Waals surface area (Å²) in [5.41, 5.74) is 0. The maximum absolute atomic E-state index is 11.8. The monoisotopic (exact) mass is 448 g/mol. The van der Waals surface area contributed by atoms with Crippen molar-refractivity contribution in [1.82, 2.24) is 0 Å². The van der Waals surface area contributed by atoms with Crippen LogP contribution in [-0.2, 0) is 42.9 Å². The average molecular weight is 449 g/mol. The van der Waals surface area contributed by atoms with E-state index in [4.69, 9.17) is 23.7 Å². The molecule has 5 atom stereocenters. The van der Waals surface area contributed by atoms with Crippen LogP contribution in [0.5, 0.6) is 0 Å². The van der Waals surface area contributed by atoms with Crippen molar-refractivity contribution in [2.24, 2.45) is 0 Å². The Kier molecular flexibility index (Phi) is 9.00. The van der Waals surface area contributed by atoms with Crippen LogP contribution in [0.4, 0.5) is 0 Å². The van der Waals surface area contributed by atoms with Gasteiger partial charge in [0.2, 0.25) is 5.79 Å². The molecule has 0 spiro atoms. The van der Waals surface area contributed by atoms with Crippen LogP contribution in [0.1, 0.15) is 34.1 Å². The number of carbonyl (C=O) groups excluding carboxylic acids is 4. The molecular weight excluding hydrogens is 416 g/mol. The Morgan fingerprint density at radius 1 is 0.867 bits per heavy atom. The SMILES string of the molecule is CC(=O)OC[C@H]1O[C@@](O)(CC[Si](C)(C)C)[C@H](OC(C)=O)[C@@H](OC(C)=O)[C@H]1OC(C)=O. The van der Waals surface area contributed by atoms with Crippen molar-refractivity contribution in [3.8, 4) is 0 Å². The lowest BCUT2D eigenvalue weighted by Gasteiger charge is -2.49. The van der Waals surface area contributed by atoms with E-state index in [1.54, 1.807) is 0 Å². The second-order valence-corrected chi connectivity index (χ2v) is 14.2. The standard InChI is InChI=1S/C19H32O10Si/c1-11(20)25-10-15-16(26-12(2)21)17(27-13(3)22)18(28-14(4)23)19(24,29-15)8-9-30(5,6)7/h15-18,24H,8-10H2,1-7H3/t15-,16+,17+,18-,19+/m1/s1. The summed E-state index contributed by atoms with van der Waals surface area (Å²) in [6.07, 6.45) is -5.17. The van der Waals surface area contributed by atoms with E-state index in [0.29, 0.717) is 6.04 Å². The van der Waals surface area contributed by atoms with Gasteiger partial charge in [-0.15, -0.1) is 0 Å². The van der Waals surface area contributed by atoms with Gasteiger partial charge in [0.05, 0.1) is 0 Å². The zero-order chi connectivity index (χ0) is 23.3. The van der Waals surface area contributed by atoms with Gasteiger partial charge in [0.15, 0.2) is 18.3 Å². The van der Waals surface area contributed by atoms with Gasteiger partial charge in [0.25, 0.3) is 0 Å². The lowest BCUT2D eigenvalue weighted by atomic mass is 9.90. The van der Waals surface area contributed by atoms with Crippen LogP contribution in [0.3, 0.4) is 0 Å². The van der Waals surface area contributed by atoms with Crippen LogP contribution in [0.15, 0.2) is 0 Å². The number of hydrogen-bond acceptors (Lipinski definition) is 10. The molecule has 1 saturated heterocycles. The lowest BCUT2D eigenvalue weighted by molar-refractivity contribution is -0.352. The average Bonchev–Trinajstić information content (AvgIpc) is 2.56. The molecule has 172 valence electrons. The van der Waals surface area contributed by atoms with E-state index >= 15 is 0 Å². The molecule has 0 bridgehead atoms. The van der Waals surface area contributed by atoms with Crippen molar-refractivity contribution in [1.29, 1.82) is 0 Å². The van der Waals surface area contributed by atoms with Crippen molar-refractivity contribution in [3.63, 3.8) is 0 Å². The van der Waals surface area contributed by atoms with Crippen molar-refractivity contribution in [3.05, 3.63) is 0 Å². The first-order valence-electron chi connectivity index (χ1n) is 9.70. The molecule has 1 aliphatic heterocycles. The highest BCUT2D eigenvalue weighted by Crippen LogP contribution is 2.38. The zero-order valence-electron chi connectivity index (χ0n) is 18.6. The first kappa shape index (κ1) is 26.1. The van der Waals surface area contributed by atoms with Gasteiger partial charge in [-0.1, -0.05) is 25.7 Å². The van der Waals surface area contributed by atoms with Crippen molar-refractivity contribution in [2.45, 2.75) is 90.0 Å². The maximum Gasteiger partial charge on any atom is 0.303 e. The fraction of sp³-hybridized carbons (Fsp3) is 0.789. The van der Waals surface area contributed by atoms with Crippen molar-refractivity contribution < 1.29 is 48.0 Å². The normalized spacial score (nSPS) is 28.9. The molecule has 30 heavy (non-hydrogen) atoms. The Hall–Kier alpha value is -1.98.